The van der Waals surface area contributed by atoms with Crippen molar-refractivity contribution < 1.29 is 0 Å². The highest BCUT2D eigenvalue weighted by Crippen LogP contribution is 2.27. The molecule has 0 aliphatic heterocycles. The van der Waals surface area contributed by atoms with Crippen molar-refractivity contribution in [1.82, 2.24) is 15.3 Å². The predicted molar refractivity (Wildman–Crippen MR) is 71.7 cm³/mol. The van der Waals surface area contributed by atoms with Crippen LogP contribution in [0.1, 0.15) is 35.8 Å². The Balaban J connectivity index is 1.77. The molecule has 0 amide bonds. The molecule has 1 unspecified atom stereocenters. The van der Waals surface area contributed by atoms with E-state index in [1.807, 2.05) is 11.6 Å². The second-order valence-electron chi connectivity index (χ2n) is 4.56. The van der Waals surface area contributed by atoms with E-state index in [0.29, 0.717) is 6.04 Å². The van der Waals surface area contributed by atoms with E-state index >= 15 is 0 Å². The molecule has 0 saturated carbocycles. The Kier molecular flexibility index (Phi) is 3.25. The Morgan fingerprint density at radius 1 is 1.50 bits per heavy atom. The molecule has 94 valence electrons. The van der Waals surface area contributed by atoms with Crippen molar-refractivity contribution in [3.63, 3.8) is 0 Å². The van der Waals surface area contributed by atoms with Gasteiger partial charge in [0, 0.05) is 29.7 Å². The second kappa shape index (κ2) is 5.04. The van der Waals surface area contributed by atoms with Gasteiger partial charge in [0.2, 0.25) is 5.56 Å². The van der Waals surface area contributed by atoms with Crippen molar-refractivity contribution in [3.8, 4) is 0 Å². The lowest BCUT2D eigenvalue weighted by Gasteiger charge is -2.25. The Labute approximate surface area is 109 Å². The largest absolute Gasteiger partial charge is 0.326 e. The average molecular weight is 261 g/mol. The van der Waals surface area contributed by atoms with Gasteiger partial charge in [-0.3, -0.25) is 4.79 Å². The smallest absolute Gasteiger partial charge is 0.248 e. The molecule has 0 saturated heterocycles. The van der Waals surface area contributed by atoms with Crippen molar-refractivity contribution in [3.05, 3.63) is 50.3 Å². The summed E-state index contributed by atoms with van der Waals surface area (Å²) in [6, 6.07) is 3.89. The molecule has 5 heteroatoms. The molecule has 0 radical (unpaired) electrons. The first-order valence-corrected chi connectivity index (χ1v) is 7.10. The molecule has 1 aliphatic rings. The molecule has 1 atom stereocenters. The predicted octanol–water partition coefficient (Wildman–Crippen LogP) is 2.00. The van der Waals surface area contributed by atoms with Crippen LogP contribution in [-0.2, 0) is 13.0 Å². The number of H-pyrrole nitrogens is 1. The van der Waals surface area contributed by atoms with Crippen LogP contribution in [0.5, 0.6) is 0 Å². The van der Waals surface area contributed by atoms with Gasteiger partial charge in [-0.25, -0.2) is 4.98 Å². The van der Waals surface area contributed by atoms with Crippen LogP contribution in [0.4, 0.5) is 0 Å². The fourth-order valence-corrected chi connectivity index (χ4v) is 3.02. The number of nitrogens with one attached hydrogen (secondary N) is 2. The lowest BCUT2D eigenvalue weighted by atomic mass is 9.91. The summed E-state index contributed by atoms with van der Waals surface area (Å²) in [5.41, 5.74) is 5.25. The van der Waals surface area contributed by atoms with Crippen molar-refractivity contribution in [2.45, 2.75) is 31.8 Å². The van der Waals surface area contributed by atoms with Gasteiger partial charge in [0.15, 0.2) is 0 Å². The number of nitrogens with zero attached hydrogens (tertiary/aromatic N) is 1. The number of aromatic nitrogens is 2. The standard InChI is InChI=1S/C13H15N3OS/c17-13-5-4-10-11(2-1-3-12(10)16-13)14-6-9-7-18-8-15-9/h4-5,7-8,11,14H,1-3,6H2,(H,16,17). The van der Waals surface area contributed by atoms with E-state index in [1.165, 1.54) is 5.56 Å². The van der Waals surface area contributed by atoms with Crippen LogP contribution in [0, 0.1) is 0 Å². The highest BCUT2D eigenvalue weighted by molar-refractivity contribution is 7.07. The van der Waals surface area contributed by atoms with Gasteiger partial charge >= 0.3 is 0 Å². The molecule has 1 aliphatic carbocycles. The second-order valence-corrected chi connectivity index (χ2v) is 5.28. The number of hydrogen-bond donors (Lipinski definition) is 2. The summed E-state index contributed by atoms with van der Waals surface area (Å²) in [6.45, 7) is 0.784. The first-order valence-electron chi connectivity index (χ1n) is 6.15. The summed E-state index contributed by atoms with van der Waals surface area (Å²) in [5.74, 6) is 0. The monoisotopic (exact) mass is 261 g/mol. The molecular formula is C13H15N3OS. The lowest BCUT2D eigenvalue weighted by Crippen LogP contribution is -2.27. The number of aryl methyl sites for hydroxylation is 1. The summed E-state index contributed by atoms with van der Waals surface area (Å²) in [4.78, 5) is 18.5. The first kappa shape index (κ1) is 11.6. The van der Waals surface area contributed by atoms with E-state index in [4.69, 9.17) is 0 Å². The maximum Gasteiger partial charge on any atom is 0.248 e. The summed E-state index contributed by atoms with van der Waals surface area (Å²) < 4.78 is 0. The minimum absolute atomic E-state index is 0.00565. The van der Waals surface area contributed by atoms with Gasteiger partial charge in [0.1, 0.15) is 0 Å². The van der Waals surface area contributed by atoms with Gasteiger partial charge in [0.05, 0.1) is 11.2 Å². The van der Waals surface area contributed by atoms with Crippen molar-refractivity contribution in [2.75, 3.05) is 0 Å². The van der Waals surface area contributed by atoms with Crippen LogP contribution in [0.2, 0.25) is 0 Å². The normalized spacial score (nSPS) is 18.6. The number of fused-ring (bicyclic) bond motifs is 1. The molecule has 0 fully saturated rings. The molecule has 2 N–H and O–H groups in total. The minimum Gasteiger partial charge on any atom is -0.326 e. The third-order valence-corrected chi connectivity index (χ3v) is 3.98. The fourth-order valence-electron chi connectivity index (χ4n) is 2.47. The fraction of sp³-hybridized carbons (Fsp3) is 0.385. The van der Waals surface area contributed by atoms with Crippen LogP contribution in [-0.4, -0.2) is 9.97 Å². The number of hydrogen-bond acceptors (Lipinski definition) is 4. The minimum atomic E-state index is -0.00565. The van der Waals surface area contributed by atoms with Gasteiger partial charge in [-0.05, 0) is 24.8 Å². The molecular weight excluding hydrogens is 246 g/mol. The Morgan fingerprint density at radius 2 is 2.44 bits per heavy atom. The summed E-state index contributed by atoms with van der Waals surface area (Å²) in [6.07, 6.45) is 3.20. The van der Waals surface area contributed by atoms with Gasteiger partial charge in [-0.15, -0.1) is 11.3 Å². The van der Waals surface area contributed by atoms with E-state index in [0.717, 1.165) is 37.2 Å². The van der Waals surface area contributed by atoms with Crippen LogP contribution >= 0.6 is 11.3 Å². The summed E-state index contributed by atoms with van der Waals surface area (Å²) in [7, 11) is 0. The molecule has 4 nitrogen and oxygen atoms in total. The van der Waals surface area contributed by atoms with Gasteiger partial charge in [-0.1, -0.05) is 6.07 Å². The lowest BCUT2D eigenvalue weighted by molar-refractivity contribution is 0.451. The van der Waals surface area contributed by atoms with Crippen LogP contribution in [0.25, 0.3) is 0 Å². The summed E-state index contributed by atoms with van der Waals surface area (Å²) >= 11 is 1.62. The van der Waals surface area contributed by atoms with Crippen molar-refractivity contribution in [2.24, 2.45) is 0 Å². The number of thiazole rings is 1. The molecule has 0 aromatic carbocycles. The zero-order valence-electron chi connectivity index (χ0n) is 9.98. The molecule has 2 heterocycles. The van der Waals surface area contributed by atoms with E-state index in [2.05, 4.69) is 20.7 Å². The molecule has 3 rings (SSSR count). The van der Waals surface area contributed by atoms with E-state index in [9.17, 15) is 4.79 Å². The van der Waals surface area contributed by atoms with Crippen LogP contribution in [0.15, 0.2) is 27.8 Å². The number of aromatic amines is 1. The maximum absolute atomic E-state index is 11.3. The molecule has 18 heavy (non-hydrogen) atoms. The Bertz CT molecular complexity index is 576. The molecule has 2 aromatic heterocycles. The number of pyridine rings is 1. The van der Waals surface area contributed by atoms with Crippen LogP contribution < -0.4 is 10.9 Å². The third kappa shape index (κ3) is 2.37. The highest BCUT2D eigenvalue weighted by atomic mass is 32.1. The van der Waals surface area contributed by atoms with E-state index < -0.39 is 0 Å². The molecule has 0 spiro atoms. The SMILES string of the molecule is O=c1ccc2c([nH]1)CCCC2NCc1cscn1. The van der Waals surface area contributed by atoms with Crippen molar-refractivity contribution >= 4 is 11.3 Å². The average Bonchev–Trinajstić information content (AvgIpc) is 2.89. The topological polar surface area (TPSA) is 57.8 Å². The molecule has 2 aromatic rings. The Hall–Kier alpha value is -1.46. The Morgan fingerprint density at radius 3 is 3.28 bits per heavy atom. The molecule has 0 bridgehead atoms. The quantitative estimate of drug-likeness (QED) is 0.888. The van der Waals surface area contributed by atoms with Crippen LogP contribution in [0.3, 0.4) is 0 Å². The van der Waals surface area contributed by atoms with Crippen molar-refractivity contribution in [1.29, 1.82) is 0 Å². The highest BCUT2D eigenvalue weighted by Gasteiger charge is 2.20. The van der Waals surface area contributed by atoms with E-state index in [-0.39, 0.29) is 5.56 Å². The third-order valence-electron chi connectivity index (χ3n) is 3.34. The first-order chi connectivity index (χ1) is 8.83. The zero-order valence-corrected chi connectivity index (χ0v) is 10.8. The van der Waals surface area contributed by atoms with Gasteiger partial charge < -0.3 is 10.3 Å². The number of rotatable bonds is 3. The maximum atomic E-state index is 11.3. The van der Waals surface area contributed by atoms with Gasteiger partial charge in [-0.2, -0.15) is 0 Å². The van der Waals surface area contributed by atoms with Gasteiger partial charge in [0.25, 0.3) is 0 Å². The zero-order chi connectivity index (χ0) is 12.4. The van der Waals surface area contributed by atoms with E-state index in [1.54, 1.807) is 17.4 Å². The summed E-state index contributed by atoms with van der Waals surface area (Å²) in [5, 5.41) is 5.58.